The zero-order valence-corrected chi connectivity index (χ0v) is 30.7. The molecule has 5 radical (unpaired) electrons. The quantitative estimate of drug-likeness (QED) is 0.0910. The molecule has 0 aliphatic heterocycles. The standard InChI is InChI=1S/C6H20N2O12P4.5Na/c9-21(10,11)3-7(4-22(12,13)14)1-2-8(5-23(15,16)17)6-24(18,19)20;;;;;/h1-6H2,(H2,9,10,11)(H2,12,13,14)(H2,15,16,17)(H2,18,19,20);;;;;. The molecule has 0 aromatic carbocycles. The molecule has 0 aromatic heterocycles. The first-order valence-corrected chi connectivity index (χ1v) is 13.2. The minimum atomic E-state index is -4.69. The Balaban J connectivity index is -0.000000264. The van der Waals surface area contributed by atoms with E-state index in [1.807, 2.05) is 0 Å². The van der Waals surface area contributed by atoms with Crippen LogP contribution >= 0.6 is 30.4 Å². The Bertz CT molecular complexity index is 506. The molecule has 0 heterocycles. The maximum Gasteiger partial charge on any atom is 0.339 e. The first-order chi connectivity index (χ1) is 10.4. The first-order valence-electron chi connectivity index (χ1n) is 5.99. The molecule has 0 bridgehead atoms. The van der Waals surface area contributed by atoms with E-state index in [1.165, 1.54) is 0 Å². The number of nitrogens with zero attached hydrogens (tertiary/aromatic N) is 2. The minimum Gasteiger partial charge on any atom is -0.324 e. The maximum atomic E-state index is 11.0. The number of hydrogen-bond acceptors (Lipinski definition) is 6. The van der Waals surface area contributed by atoms with E-state index in [9.17, 15) is 18.3 Å². The fourth-order valence-corrected chi connectivity index (χ4v) is 5.06. The van der Waals surface area contributed by atoms with E-state index in [-0.39, 0.29) is 148 Å². The molecule has 0 fully saturated rings. The molecule has 0 spiro atoms. The fraction of sp³-hybridized carbons (Fsp3) is 1.00. The molecule has 0 aromatic rings. The first kappa shape index (κ1) is 47.7. The van der Waals surface area contributed by atoms with Crippen LogP contribution in [0.25, 0.3) is 0 Å². The van der Waals surface area contributed by atoms with Gasteiger partial charge in [-0.1, -0.05) is 0 Å². The number of rotatable bonds is 11. The summed E-state index contributed by atoms with van der Waals surface area (Å²) in [6, 6.07) is 0. The predicted molar refractivity (Wildman–Crippen MR) is 110 cm³/mol. The molecule has 14 nitrogen and oxygen atoms in total. The topological polar surface area (TPSA) is 237 Å². The van der Waals surface area contributed by atoms with E-state index in [4.69, 9.17) is 39.1 Å². The van der Waals surface area contributed by atoms with Gasteiger partial charge in [-0.2, -0.15) is 0 Å². The van der Waals surface area contributed by atoms with Gasteiger partial charge in [0.05, 0.1) is 0 Å². The van der Waals surface area contributed by atoms with Crippen molar-refractivity contribution in [3.8, 4) is 0 Å². The van der Waals surface area contributed by atoms with Crippen LogP contribution in [0.2, 0.25) is 0 Å². The van der Waals surface area contributed by atoms with E-state index in [2.05, 4.69) is 0 Å². The van der Waals surface area contributed by atoms with Crippen LogP contribution in [0.1, 0.15) is 0 Å². The summed E-state index contributed by atoms with van der Waals surface area (Å²) in [4.78, 5) is 72.3. The molecule has 8 N–H and O–H groups in total. The third kappa shape index (κ3) is 35.8. The van der Waals surface area contributed by atoms with Crippen LogP contribution in [0.5, 0.6) is 0 Å². The summed E-state index contributed by atoms with van der Waals surface area (Å²) in [5.41, 5.74) is 0. The van der Waals surface area contributed by atoms with E-state index >= 15 is 0 Å². The minimum absolute atomic E-state index is 0. The third-order valence-corrected chi connectivity index (χ3v) is 5.34. The van der Waals surface area contributed by atoms with Gasteiger partial charge in [-0.3, -0.25) is 28.1 Å². The molecular weight excluding hydrogens is 531 g/mol. The van der Waals surface area contributed by atoms with E-state index in [0.29, 0.717) is 9.80 Å². The van der Waals surface area contributed by atoms with Crippen molar-refractivity contribution >= 4 is 178 Å². The van der Waals surface area contributed by atoms with Crippen molar-refractivity contribution in [3.05, 3.63) is 0 Å². The molecule has 0 unspecified atom stereocenters. The Morgan fingerprint density at radius 1 is 0.414 bits per heavy atom. The zero-order chi connectivity index (χ0) is 19.4. The molecule has 0 saturated heterocycles. The molecule has 0 rings (SSSR count). The third-order valence-electron chi connectivity index (χ3n) is 2.27. The largest absolute Gasteiger partial charge is 0.339 e. The predicted octanol–water partition coefficient (Wildman–Crippen LogP) is -3.77. The molecule has 0 amide bonds. The summed E-state index contributed by atoms with van der Waals surface area (Å²) >= 11 is 0. The maximum absolute atomic E-state index is 11.0. The van der Waals surface area contributed by atoms with Gasteiger partial charge in [-0.15, -0.1) is 0 Å². The molecule has 0 atom stereocenters. The summed E-state index contributed by atoms with van der Waals surface area (Å²) in [7, 11) is -18.8. The summed E-state index contributed by atoms with van der Waals surface area (Å²) in [5, 5.41) is 0. The van der Waals surface area contributed by atoms with E-state index in [1.54, 1.807) is 0 Å². The van der Waals surface area contributed by atoms with Crippen LogP contribution in [0.15, 0.2) is 0 Å². The van der Waals surface area contributed by atoms with E-state index < -0.39 is 68.6 Å². The second-order valence-corrected chi connectivity index (χ2v) is 11.5. The van der Waals surface area contributed by atoms with Crippen molar-refractivity contribution in [2.24, 2.45) is 0 Å². The van der Waals surface area contributed by atoms with Crippen LogP contribution in [-0.4, -0.2) is 235 Å². The van der Waals surface area contributed by atoms with Gasteiger partial charge < -0.3 is 39.1 Å². The fourth-order valence-electron chi connectivity index (χ4n) is 1.70. The smallest absolute Gasteiger partial charge is 0.324 e. The molecule has 0 aliphatic carbocycles. The average Bonchev–Trinajstić information content (AvgIpc) is 2.16. The molecular formula is C6H20N2Na5O12P4. The summed E-state index contributed by atoms with van der Waals surface area (Å²) in [6.07, 6.45) is -4.18. The zero-order valence-electron chi connectivity index (χ0n) is 17.1. The Morgan fingerprint density at radius 2 is 0.552 bits per heavy atom. The van der Waals surface area contributed by atoms with Gasteiger partial charge >= 0.3 is 30.4 Å². The monoisotopic (exact) mass is 551 g/mol. The molecule has 0 saturated carbocycles. The van der Waals surface area contributed by atoms with Gasteiger partial charge in [0.2, 0.25) is 0 Å². The van der Waals surface area contributed by atoms with Crippen molar-refractivity contribution < 1.29 is 57.4 Å². The van der Waals surface area contributed by atoms with Gasteiger partial charge in [-0.25, -0.2) is 0 Å². The second kappa shape index (κ2) is 20.6. The van der Waals surface area contributed by atoms with Gasteiger partial charge in [0.15, 0.2) is 0 Å². The van der Waals surface area contributed by atoms with Crippen molar-refractivity contribution in [2.45, 2.75) is 0 Å². The van der Waals surface area contributed by atoms with Gasteiger partial charge in [-0.05, 0) is 0 Å². The van der Waals surface area contributed by atoms with Gasteiger partial charge in [0, 0.05) is 161 Å². The Morgan fingerprint density at radius 3 is 0.655 bits per heavy atom. The van der Waals surface area contributed by atoms with Gasteiger partial charge in [0.25, 0.3) is 0 Å². The van der Waals surface area contributed by atoms with Crippen LogP contribution in [0.3, 0.4) is 0 Å². The summed E-state index contributed by atoms with van der Waals surface area (Å²) in [6.45, 7) is -1.01. The normalized spacial score (nSPS) is 12.1. The van der Waals surface area contributed by atoms with Crippen molar-refractivity contribution in [1.82, 2.24) is 9.80 Å². The van der Waals surface area contributed by atoms with Gasteiger partial charge in [0.1, 0.15) is 25.1 Å². The van der Waals surface area contributed by atoms with Crippen LogP contribution in [-0.2, 0) is 18.3 Å². The Hall–Kier alpha value is 5.52. The molecule has 0 aliphatic rings. The van der Waals surface area contributed by atoms with Crippen molar-refractivity contribution in [2.75, 3.05) is 38.2 Å². The molecule has 23 heteroatoms. The van der Waals surface area contributed by atoms with E-state index in [0.717, 1.165) is 0 Å². The SMILES string of the molecule is O=P(O)(O)CN(CCN(CP(=O)(O)O)CP(=O)(O)O)CP(=O)(O)O.[Na].[Na].[Na].[Na].[Na]. The molecule has 151 valence electrons. The molecule has 29 heavy (non-hydrogen) atoms. The van der Waals surface area contributed by atoms with Crippen molar-refractivity contribution in [3.63, 3.8) is 0 Å². The number of hydrogen-bond donors (Lipinski definition) is 8. The average molecular weight is 551 g/mol. The summed E-state index contributed by atoms with van der Waals surface area (Å²) in [5.74, 6) is 0. The Labute approximate surface area is 278 Å². The Kier molecular flexibility index (Phi) is 33.8. The van der Waals surface area contributed by atoms with Crippen LogP contribution in [0.4, 0.5) is 0 Å². The van der Waals surface area contributed by atoms with Crippen molar-refractivity contribution in [1.29, 1.82) is 0 Å². The van der Waals surface area contributed by atoms with Crippen LogP contribution < -0.4 is 0 Å². The second-order valence-electron chi connectivity index (χ2n) is 5.01. The van der Waals surface area contributed by atoms with Crippen LogP contribution in [0, 0.1) is 0 Å². The summed E-state index contributed by atoms with van der Waals surface area (Å²) < 4.78 is 43.9.